The van der Waals surface area contributed by atoms with Crippen molar-refractivity contribution in [1.29, 1.82) is 0 Å². The number of fused-ring (bicyclic) bond motifs is 2. The first-order valence-corrected chi connectivity index (χ1v) is 12.7. The molecule has 2 amide bonds. The van der Waals surface area contributed by atoms with Crippen molar-refractivity contribution in [2.75, 3.05) is 29.8 Å². The van der Waals surface area contributed by atoms with E-state index in [9.17, 15) is 13.2 Å². The van der Waals surface area contributed by atoms with Crippen LogP contribution in [0.1, 0.15) is 41.5 Å². The van der Waals surface area contributed by atoms with Crippen molar-refractivity contribution in [2.24, 2.45) is 7.05 Å². The van der Waals surface area contributed by atoms with Crippen LogP contribution < -0.4 is 14.3 Å². The number of benzene rings is 1. The van der Waals surface area contributed by atoms with Gasteiger partial charge in [0.15, 0.2) is 0 Å². The van der Waals surface area contributed by atoms with E-state index >= 15 is 0 Å². The summed E-state index contributed by atoms with van der Waals surface area (Å²) >= 11 is 0. The second kappa shape index (κ2) is 8.08. The SMILES string of the molecule is CN1CCC(N(c2cnn(C)c2)S(=O)(=O)NC(=O)Nc2c3c(cc4c2CCC4)CCC3)C1. The lowest BCUT2D eigenvalue weighted by molar-refractivity contribution is 0.256. The van der Waals surface area contributed by atoms with Crippen molar-refractivity contribution < 1.29 is 13.2 Å². The standard InChI is InChI=1S/C22H30N6O3S/c1-26-10-9-17(13-26)28(18-12-23-27(2)14-18)32(30,31)25-22(29)24-21-19-7-3-5-15(19)11-16-6-4-8-20(16)21/h11-12,14,17H,3-10,13H2,1-2H3,(H2,24,25,29). The van der Waals surface area contributed by atoms with Gasteiger partial charge in [-0.2, -0.15) is 13.5 Å². The van der Waals surface area contributed by atoms with Crippen LogP contribution in [-0.2, 0) is 42.9 Å². The quantitative estimate of drug-likeness (QED) is 0.714. The van der Waals surface area contributed by atoms with E-state index in [1.54, 1.807) is 17.9 Å². The van der Waals surface area contributed by atoms with Crippen LogP contribution in [0.4, 0.5) is 16.2 Å². The molecule has 1 aromatic heterocycles. The first kappa shape index (κ1) is 21.3. The number of hydrogen-bond donors (Lipinski definition) is 2. The molecule has 1 aliphatic heterocycles. The van der Waals surface area contributed by atoms with Gasteiger partial charge in [0.25, 0.3) is 0 Å². The van der Waals surface area contributed by atoms with Crippen LogP contribution in [0, 0.1) is 0 Å². The van der Waals surface area contributed by atoms with Crippen LogP contribution in [0.3, 0.4) is 0 Å². The highest BCUT2D eigenvalue weighted by Gasteiger charge is 2.36. The summed E-state index contributed by atoms with van der Waals surface area (Å²) in [4.78, 5) is 15.1. The largest absolute Gasteiger partial charge is 0.334 e. The third-order valence-electron chi connectivity index (χ3n) is 6.84. The number of carbonyl (C=O) groups excluding carboxylic acids is 1. The molecular weight excluding hydrogens is 428 g/mol. The third kappa shape index (κ3) is 3.86. The number of aryl methyl sites for hydroxylation is 3. The van der Waals surface area contributed by atoms with Crippen LogP contribution in [0.2, 0.25) is 0 Å². The summed E-state index contributed by atoms with van der Waals surface area (Å²) in [5, 5.41) is 7.06. The highest BCUT2D eigenvalue weighted by molar-refractivity contribution is 7.91. The number of amides is 2. The minimum Gasteiger partial charge on any atom is -0.307 e. The molecule has 1 fully saturated rings. The Hall–Kier alpha value is -2.59. The predicted molar refractivity (Wildman–Crippen MR) is 123 cm³/mol. The average molecular weight is 459 g/mol. The van der Waals surface area contributed by atoms with Gasteiger partial charge in [-0.3, -0.25) is 4.68 Å². The first-order valence-electron chi connectivity index (χ1n) is 11.3. The number of nitrogens with zero attached hydrogens (tertiary/aromatic N) is 4. The molecule has 2 aliphatic carbocycles. The van der Waals surface area contributed by atoms with E-state index in [2.05, 4.69) is 26.1 Å². The lowest BCUT2D eigenvalue weighted by Gasteiger charge is -2.29. The number of carbonyl (C=O) groups is 1. The number of anilines is 2. The Kier molecular flexibility index (Phi) is 5.37. The van der Waals surface area contributed by atoms with E-state index in [4.69, 9.17) is 0 Å². The molecule has 1 saturated heterocycles. The smallest absolute Gasteiger partial charge is 0.307 e. The van der Waals surface area contributed by atoms with Crippen molar-refractivity contribution in [3.63, 3.8) is 0 Å². The second-order valence-electron chi connectivity index (χ2n) is 9.17. The van der Waals surface area contributed by atoms with Crippen molar-refractivity contribution >= 4 is 27.6 Å². The minimum absolute atomic E-state index is 0.264. The van der Waals surface area contributed by atoms with Crippen LogP contribution >= 0.6 is 0 Å². The van der Waals surface area contributed by atoms with Gasteiger partial charge in [0.1, 0.15) is 0 Å². The second-order valence-corrected chi connectivity index (χ2v) is 10.7. The van der Waals surface area contributed by atoms with Gasteiger partial charge in [-0.25, -0.2) is 13.8 Å². The lowest BCUT2D eigenvalue weighted by Crippen LogP contribution is -2.50. The molecule has 0 bridgehead atoms. The van der Waals surface area contributed by atoms with Crippen molar-refractivity contribution in [3.8, 4) is 0 Å². The monoisotopic (exact) mass is 458 g/mol. The predicted octanol–water partition coefficient (Wildman–Crippen LogP) is 1.97. The van der Waals surface area contributed by atoms with Gasteiger partial charge in [0.2, 0.25) is 0 Å². The molecule has 2 N–H and O–H groups in total. The van der Waals surface area contributed by atoms with E-state index in [1.165, 1.54) is 32.8 Å². The van der Waals surface area contributed by atoms with Gasteiger partial charge in [0.05, 0.1) is 17.9 Å². The fraction of sp³-hybridized carbons (Fsp3) is 0.545. The van der Waals surface area contributed by atoms with Crippen LogP contribution in [-0.4, -0.2) is 55.3 Å². The fourth-order valence-electron chi connectivity index (χ4n) is 5.44. The highest BCUT2D eigenvalue weighted by atomic mass is 32.2. The van der Waals surface area contributed by atoms with Crippen molar-refractivity contribution in [2.45, 2.75) is 51.0 Å². The van der Waals surface area contributed by atoms with Gasteiger partial charge in [-0.15, -0.1) is 0 Å². The van der Waals surface area contributed by atoms with E-state index < -0.39 is 16.2 Å². The maximum absolute atomic E-state index is 13.4. The summed E-state index contributed by atoms with van der Waals surface area (Å²) in [6.45, 7) is 1.39. The molecule has 1 unspecified atom stereocenters. The van der Waals surface area contributed by atoms with Gasteiger partial charge in [0, 0.05) is 25.5 Å². The highest BCUT2D eigenvalue weighted by Crippen LogP contribution is 2.38. The summed E-state index contributed by atoms with van der Waals surface area (Å²) in [6, 6.07) is 1.31. The summed E-state index contributed by atoms with van der Waals surface area (Å²) in [6.07, 6.45) is 9.87. The van der Waals surface area contributed by atoms with E-state index in [1.807, 2.05) is 7.05 Å². The number of likely N-dealkylation sites (tertiary alicyclic amines) is 1. The first-order chi connectivity index (χ1) is 15.3. The zero-order chi connectivity index (χ0) is 22.5. The van der Waals surface area contributed by atoms with Crippen molar-refractivity contribution in [1.82, 2.24) is 19.4 Å². The Morgan fingerprint density at radius 1 is 1.12 bits per heavy atom. The van der Waals surface area contributed by atoms with Gasteiger partial charge in [-0.05, 0) is 80.8 Å². The molecule has 1 atom stereocenters. The summed E-state index contributed by atoms with van der Waals surface area (Å²) in [5.74, 6) is 0. The van der Waals surface area contributed by atoms with Gasteiger partial charge < -0.3 is 10.2 Å². The van der Waals surface area contributed by atoms with Crippen LogP contribution in [0.5, 0.6) is 0 Å². The topological polar surface area (TPSA) is 99.6 Å². The molecule has 2 heterocycles. The maximum atomic E-state index is 13.4. The molecule has 5 rings (SSSR count). The lowest BCUT2D eigenvalue weighted by atomic mass is 9.99. The molecule has 3 aliphatic rings. The molecule has 10 heteroatoms. The molecular formula is C22H30N6O3S. The molecule has 0 spiro atoms. The third-order valence-corrected chi connectivity index (χ3v) is 8.31. The number of rotatable bonds is 5. The molecule has 32 heavy (non-hydrogen) atoms. The van der Waals surface area contributed by atoms with Gasteiger partial charge in [-0.1, -0.05) is 6.07 Å². The number of aromatic nitrogens is 2. The summed E-state index contributed by atoms with van der Waals surface area (Å²) in [7, 11) is -0.420. The number of hydrogen-bond acceptors (Lipinski definition) is 5. The zero-order valence-corrected chi connectivity index (χ0v) is 19.4. The Balaban J connectivity index is 1.41. The fourth-order valence-corrected chi connectivity index (χ4v) is 6.76. The summed E-state index contributed by atoms with van der Waals surface area (Å²) in [5.41, 5.74) is 6.19. The number of likely N-dealkylation sites (N-methyl/N-ethyl adjacent to an activating group) is 1. The minimum atomic E-state index is -4.13. The van der Waals surface area contributed by atoms with Gasteiger partial charge >= 0.3 is 16.2 Å². The molecule has 1 aromatic carbocycles. The van der Waals surface area contributed by atoms with E-state index in [0.29, 0.717) is 18.7 Å². The molecule has 9 nitrogen and oxygen atoms in total. The maximum Gasteiger partial charge on any atom is 0.334 e. The van der Waals surface area contributed by atoms with Crippen LogP contribution in [0.15, 0.2) is 18.5 Å². The van der Waals surface area contributed by atoms with Crippen molar-refractivity contribution in [3.05, 3.63) is 40.7 Å². The molecule has 0 saturated carbocycles. The van der Waals surface area contributed by atoms with E-state index in [-0.39, 0.29) is 6.04 Å². The zero-order valence-electron chi connectivity index (χ0n) is 18.6. The summed E-state index contributed by atoms with van der Waals surface area (Å²) < 4.78 is 32.0. The molecule has 0 radical (unpaired) electrons. The molecule has 2 aromatic rings. The Labute approximate surface area is 188 Å². The van der Waals surface area contributed by atoms with Crippen LogP contribution in [0.25, 0.3) is 0 Å². The Bertz CT molecular complexity index is 1130. The Morgan fingerprint density at radius 3 is 2.38 bits per heavy atom. The molecule has 172 valence electrons. The number of urea groups is 1. The van der Waals surface area contributed by atoms with E-state index in [0.717, 1.165) is 50.8 Å². The Morgan fingerprint density at radius 2 is 1.81 bits per heavy atom. The number of nitrogens with one attached hydrogen (secondary N) is 2. The normalized spacial score (nSPS) is 20.2. The average Bonchev–Trinajstić information content (AvgIpc) is 3.49.